The standard InChI is InChI=1S/C18H23N3O3/c1-21-11-14(10-19-21)18(13-8-15(22)9-13)20-17(23)7-12-3-5-16(24-2)6-4-12/h3-6,10-11,13,15,18,22H,7-9H2,1-2H3,(H,20,23)/t13?,15?,18-/m1/s1. The number of carbonyl (C=O) groups excluding carboxylic acids is 1. The average molecular weight is 329 g/mol. The van der Waals surface area contributed by atoms with Gasteiger partial charge in [-0.25, -0.2) is 0 Å². The van der Waals surface area contributed by atoms with Crippen LogP contribution in [0.3, 0.4) is 0 Å². The second-order valence-electron chi connectivity index (χ2n) is 6.40. The number of aliphatic hydroxyl groups is 1. The van der Waals surface area contributed by atoms with Crippen LogP contribution in [0.5, 0.6) is 5.75 Å². The van der Waals surface area contributed by atoms with Crippen molar-refractivity contribution in [2.75, 3.05) is 7.11 Å². The normalized spacial score (nSPS) is 21.0. The van der Waals surface area contributed by atoms with Crippen molar-refractivity contribution in [2.24, 2.45) is 13.0 Å². The van der Waals surface area contributed by atoms with Crippen LogP contribution in [0.2, 0.25) is 0 Å². The van der Waals surface area contributed by atoms with Gasteiger partial charge in [-0.15, -0.1) is 0 Å². The Morgan fingerprint density at radius 1 is 1.42 bits per heavy atom. The number of carbonyl (C=O) groups is 1. The number of rotatable bonds is 6. The summed E-state index contributed by atoms with van der Waals surface area (Å²) in [6, 6.07) is 7.38. The van der Waals surface area contributed by atoms with E-state index in [1.165, 1.54) is 0 Å². The van der Waals surface area contributed by atoms with Crippen LogP contribution in [0.1, 0.15) is 30.0 Å². The first kappa shape index (κ1) is 16.5. The number of nitrogens with one attached hydrogen (secondary N) is 1. The fraction of sp³-hybridized carbons (Fsp3) is 0.444. The number of hydrogen-bond acceptors (Lipinski definition) is 4. The molecule has 0 spiro atoms. The van der Waals surface area contributed by atoms with Gasteiger partial charge in [0.15, 0.2) is 0 Å². The molecule has 1 atom stereocenters. The van der Waals surface area contributed by atoms with Crippen LogP contribution in [-0.4, -0.2) is 34.0 Å². The van der Waals surface area contributed by atoms with Crippen LogP contribution in [0, 0.1) is 5.92 Å². The third kappa shape index (κ3) is 3.76. The molecule has 6 nitrogen and oxygen atoms in total. The van der Waals surface area contributed by atoms with Crippen molar-refractivity contribution in [3.05, 3.63) is 47.8 Å². The lowest BCUT2D eigenvalue weighted by atomic mass is 9.75. The molecule has 0 aliphatic heterocycles. The number of amides is 1. The second kappa shape index (κ2) is 7.05. The summed E-state index contributed by atoms with van der Waals surface area (Å²) >= 11 is 0. The van der Waals surface area contributed by atoms with E-state index in [1.807, 2.05) is 37.5 Å². The number of hydrogen-bond donors (Lipinski definition) is 2. The first-order valence-electron chi connectivity index (χ1n) is 8.14. The lowest BCUT2D eigenvalue weighted by molar-refractivity contribution is -0.122. The van der Waals surface area contributed by atoms with Crippen LogP contribution in [0.4, 0.5) is 0 Å². The van der Waals surface area contributed by atoms with Crippen molar-refractivity contribution in [3.63, 3.8) is 0 Å². The minimum Gasteiger partial charge on any atom is -0.497 e. The van der Waals surface area contributed by atoms with E-state index in [-0.39, 0.29) is 24.0 Å². The van der Waals surface area contributed by atoms with E-state index in [9.17, 15) is 9.90 Å². The second-order valence-corrected chi connectivity index (χ2v) is 6.40. The maximum Gasteiger partial charge on any atom is 0.224 e. The van der Waals surface area contributed by atoms with Crippen molar-refractivity contribution in [1.82, 2.24) is 15.1 Å². The summed E-state index contributed by atoms with van der Waals surface area (Å²) < 4.78 is 6.86. The van der Waals surface area contributed by atoms with Gasteiger partial charge in [0, 0.05) is 18.8 Å². The number of ether oxygens (including phenoxy) is 1. The molecule has 1 saturated carbocycles. The molecule has 1 heterocycles. The van der Waals surface area contributed by atoms with Gasteiger partial charge < -0.3 is 15.2 Å². The zero-order chi connectivity index (χ0) is 17.1. The summed E-state index contributed by atoms with van der Waals surface area (Å²) in [7, 11) is 3.47. The zero-order valence-corrected chi connectivity index (χ0v) is 14.0. The van der Waals surface area contributed by atoms with Crippen LogP contribution >= 0.6 is 0 Å². The summed E-state index contributed by atoms with van der Waals surface area (Å²) in [6.07, 6.45) is 5.18. The molecule has 2 N–H and O–H groups in total. The highest BCUT2D eigenvalue weighted by Gasteiger charge is 2.36. The first-order chi connectivity index (χ1) is 11.5. The Morgan fingerprint density at radius 3 is 2.67 bits per heavy atom. The topological polar surface area (TPSA) is 76.4 Å². The van der Waals surface area contributed by atoms with Gasteiger partial charge in [-0.1, -0.05) is 12.1 Å². The Labute approximate surface area is 141 Å². The summed E-state index contributed by atoms with van der Waals surface area (Å²) in [5, 5.41) is 16.9. The van der Waals surface area contributed by atoms with E-state index in [0.717, 1.165) is 16.9 Å². The highest BCUT2D eigenvalue weighted by atomic mass is 16.5. The van der Waals surface area contributed by atoms with E-state index in [4.69, 9.17) is 4.74 Å². The average Bonchev–Trinajstić information content (AvgIpc) is 2.97. The van der Waals surface area contributed by atoms with Gasteiger partial charge in [0.05, 0.1) is 31.9 Å². The zero-order valence-electron chi connectivity index (χ0n) is 14.0. The third-order valence-corrected chi connectivity index (χ3v) is 4.55. The molecule has 0 radical (unpaired) electrons. The molecule has 0 saturated heterocycles. The van der Waals surface area contributed by atoms with E-state index in [1.54, 1.807) is 18.0 Å². The van der Waals surface area contributed by atoms with Gasteiger partial charge in [-0.3, -0.25) is 9.48 Å². The first-order valence-corrected chi connectivity index (χ1v) is 8.14. The molecule has 128 valence electrons. The quantitative estimate of drug-likeness (QED) is 0.844. The monoisotopic (exact) mass is 329 g/mol. The summed E-state index contributed by atoms with van der Waals surface area (Å²) in [5.74, 6) is 0.996. The Hall–Kier alpha value is -2.34. The van der Waals surface area contributed by atoms with E-state index in [2.05, 4.69) is 10.4 Å². The molecule has 6 heteroatoms. The summed E-state index contributed by atoms with van der Waals surface area (Å²) in [5.41, 5.74) is 1.92. The van der Waals surface area contributed by atoms with Gasteiger partial charge in [-0.2, -0.15) is 5.10 Å². The molecular weight excluding hydrogens is 306 g/mol. The maximum atomic E-state index is 12.5. The minimum atomic E-state index is -0.257. The molecule has 1 aromatic carbocycles. The van der Waals surface area contributed by atoms with Gasteiger partial charge in [0.1, 0.15) is 5.75 Å². The smallest absolute Gasteiger partial charge is 0.224 e. The Bertz CT molecular complexity index is 690. The highest BCUT2D eigenvalue weighted by molar-refractivity contribution is 5.79. The molecule has 24 heavy (non-hydrogen) atoms. The molecule has 1 aromatic heterocycles. The number of benzene rings is 1. The maximum absolute atomic E-state index is 12.5. The van der Waals surface area contributed by atoms with Gasteiger partial charge >= 0.3 is 0 Å². The number of aliphatic hydroxyl groups excluding tert-OH is 1. The fourth-order valence-corrected chi connectivity index (χ4v) is 3.13. The lowest BCUT2D eigenvalue weighted by Gasteiger charge is -2.37. The molecule has 1 amide bonds. The van der Waals surface area contributed by atoms with Crippen molar-refractivity contribution in [2.45, 2.75) is 31.4 Å². The number of aryl methyl sites for hydroxylation is 1. The largest absolute Gasteiger partial charge is 0.497 e. The van der Waals surface area contributed by atoms with E-state index < -0.39 is 0 Å². The SMILES string of the molecule is COc1ccc(CC(=O)N[C@@H](c2cnn(C)c2)C2CC(O)C2)cc1. The Balaban J connectivity index is 1.66. The van der Waals surface area contributed by atoms with Crippen LogP contribution < -0.4 is 10.1 Å². The molecule has 3 rings (SSSR count). The summed E-state index contributed by atoms with van der Waals surface area (Å²) in [4.78, 5) is 12.5. The molecule has 1 aliphatic rings. The fourth-order valence-electron chi connectivity index (χ4n) is 3.13. The summed E-state index contributed by atoms with van der Waals surface area (Å²) in [6.45, 7) is 0. The number of nitrogens with zero attached hydrogens (tertiary/aromatic N) is 2. The number of methoxy groups -OCH3 is 1. The van der Waals surface area contributed by atoms with Crippen molar-refractivity contribution >= 4 is 5.91 Å². The Morgan fingerprint density at radius 2 is 2.12 bits per heavy atom. The van der Waals surface area contributed by atoms with E-state index in [0.29, 0.717) is 19.3 Å². The molecule has 2 aromatic rings. The lowest BCUT2D eigenvalue weighted by Crippen LogP contribution is -2.41. The third-order valence-electron chi connectivity index (χ3n) is 4.55. The molecule has 0 bridgehead atoms. The Kier molecular flexibility index (Phi) is 4.85. The van der Waals surface area contributed by atoms with Crippen LogP contribution in [0.25, 0.3) is 0 Å². The van der Waals surface area contributed by atoms with Gasteiger partial charge in [0.2, 0.25) is 5.91 Å². The molecule has 1 aliphatic carbocycles. The van der Waals surface area contributed by atoms with Crippen molar-refractivity contribution in [1.29, 1.82) is 0 Å². The van der Waals surface area contributed by atoms with Gasteiger partial charge in [-0.05, 0) is 36.5 Å². The van der Waals surface area contributed by atoms with Crippen LogP contribution in [-0.2, 0) is 18.3 Å². The predicted molar refractivity (Wildman–Crippen MR) is 89.5 cm³/mol. The van der Waals surface area contributed by atoms with Crippen molar-refractivity contribution in [3.8, 4) is 5.75 Å². The molecular formula is C18H23N3O3. The van der Waals surface area contributed by atoms with Crippen LogP contribution in [0.15, 0.2) is 36.7 Å². The van der Waals surface area contributed by atoms with E-state index >= 15 is 0 Å². The van der Waals surface area contributed by atoms with Crippen molar-refractivity contribution < 1.29 is 14.6 Å². The number of aromatic nitrogens is 2. The molecule has 1 fully saturated rings. The van der Waals surface area contributed by atoms with Gasteiger partial charge in [0.25, 0.3) is 0 Å². The highest BCUT2D eigenvalue weighted by Crippen LogP contribution is 2.38. The minimum absolute atomic E-state index is 0.0320. The molecule has 0 unspecified atom stereocenters. The predicted octanol–water partition coefficient (Wildman–Crippen LogP) is 1.60.